The minimum absolute atomic E-state index is 0.878. The molecule has 816 valence electrons. The maximum atomic E-state index is 13.6. The summed E-state index contributed by atoms with van der Waals surface area (Å²) in [5.74, 6) is -10.4. The number of hydrogen-bond donors (Lipinski definition) is 36. The van der Waals surface area contributed by atoms with E-state index in [-0.39, 0.29) is 0 Å². The van der Waals surface area contributed by atoms with Gasteiger partial charge >= 0.3 is 5.97 Å². The van der Waals surface area contributed by atoms with Crippen molar-refractivity contribution in [2.75, 3.05) is 66.1 Å². The molecule has 62 heteroatoms. The molecule has 10 saturated heterocycles. The van der Waals surface area contributed by atoms with Gasteiger partial charge in [0.1, 0.15) is 244 Å². The van der Waals surface area contributed by atoms with E-state index in [1.807, 2.05) is 0 Å². The number of rotatable bonds is 41. The highest BCUT2D eigenvalue weighted by Gasteiger charge is 2.65. The number of aliphatic carboxylic acids is 1. The molecule has 10 aliphatic heterocycles. The molecule has 10 fully saturated rings. The Kier molecular flexibility index (Phi) is 42.9. The Morgan fingerprint density at radius 1 is 0.333 bits per heavy atom. The van der Waals surface area contributed by atoms with Gasteiger partial charge in [-0.3, -0.25) is 24.0 Å². The predicted molar refractivity (Wildman–Crippen MR) is 437 cm³/mol. The van der Waals surface area contributed by atoms with Crippen molar-refractivity contribution in [1.29, 1.82) is 0 Å². The van der Waals surface area contributed by atoms with Crippen LogP contribution in [-0.2, 0) is 124 Å². The van der Waals surface area contributed by atoms with Crippen molar-refractivity contribution < 1.29 is 282 Å². The fourth-order valence-electron chi connectivity index (χ4n) is 18.0. The lowest BCUT2D eigenvalue weighted by atomic mass is 9.88. The zero-order chi connectivity index (χ0) is 105. The maximum absolute atomic E-state index is 13.6. The molecule has 0 aromatic rings. The summed E-state index contributed by atoms with van der Waals surface area (Å²) >= 11 is 0. The molecule has 0 bridgehead atoms. The van der Waals surface area contributed by atoms with Crippen LogP contribution in [0.2, 0.25) is 0 Å². The van der Waals surface area contributed by atoms with Gasteiger partial charge in [0.15, 0.2) is 56.6 Å². The topological polar surface area (TPSA) is 974 Å². The van der Waals surface area contributed by atoms with Crippen LogP contribution in [0.1, 0.15) is 54.9 Å². The third-order valence-corrected chi connectivity index (χ3v) is 25.5. The summed E-state index contributed by atoms with van der Waals surface area (Å²) in [4.78, 5) is 78.1. The van der Waals surface area contributed by atoms with Crippen LogP contribution in [0, 0.1) is 0 Å². The van der Waals surface area contributed by atoms with Crippen LogP contribution < -0.4 is 26.6 Å². The Bertz CT molecular complexity index is 3940. The Hall–Kier alpha value is -5.18. The molecule has 5 amide bonds. The Balaban J connectivity index is 0.888. The highest BCUT2D eigenvalue weighted by Crippen LogP contribution is 2.43. The first kappa shape index (κ1) is 118. The van der Waals surface area contributed by atoms with Crippen molar-refractivity contribution in [2.45, 2.75) is 392 Å². The van der Waals surface area contributed by atoms with Gasteiger partial charge in [0.05, 0.1) is 96.5 Å². The molecule has 141 heavy (non-hydrogen) atoms. The van der Waals surface area contributed by atoms with E-state index in [0.29, 0.717) is 0 Å². The number of nitrogens with one attached hydrogen (secondary N) is 5. The summed E-state index contributed by atoms with van der Waals surface area (Å²) in [6.45, 7) is -5.27. The van der Waals surface area contributed by atoms with Crippen LogP contribution in [0.25, 0.3) is 0 Å². The lowest BCUT2D eigenvalue weighted by Gasteiger charge is -2.51. The van der Waals surface area contributed by atoms with Crippen LogP contribution in [0.3, 0.4) is 0 Å². The van der Waals surface area contributed by atoms with Crippen molar-refractivity contribution in [3.63, 3.8) is 0 Å². The molecule has 10 aliphatic rings. The number of carboxylic acids is 1. The second kappa shape index (κ2) is 51.4. The molecule has 0 saturated carbocycles. The maximum Gasteiger partial charge on any atom is 0.364 e. The van der Waals surface area contributed by atoms with Crippen LogP contribution in [-0.4, -0.2) is 597 Å². The van der Waals surface area contributed by atoms with Crippen LogP contribution >= 0.6 is 0 Å². The van der Waals surface area contributed by atoms with E-state index < -0.39 is 445 Å². The number of carbonyl (C=O) groups is 6. The summed E-state index contributed by atoms with van der Waals surface area (Å²) in [6, 6.07) is -9.80. The average Bonchev–Trinajstić information content (AvgIpc) is 0.751. The number of aliphatic hydroxyl groups is 30. The van der Waals surface area contributed by atoms with E-state index in [1.54, 1.807) is 0 Å². The van der Waals surface area contributed by atoms with E-state index in [0.717, 1.165) is 34.6 Å². The lowest BCUT2D eigenvalue weighted by Crippen LogP contribution is -2.71. The minimum Gasteiger partial charge on any atom is -0.477 e. The first-order valence-electron chi connectivity index (χ1n) is 44.9. The second-order valence-corrected chi connectivity index (χ2v) is 35.7. The number of hydrogen-bond acceptors (Lipinski definition) is 56. The summed E-state index contributed by atoms with van der Waals surface area (Å²) in [6.07, 6.45) is -106. The summed E-state index contributed by atoms with van der Waals surface area (Å²) in [5, 5.41) is 359. The number of carbonyl (C=O) groups excluding carboxylic acids is 5. The zero-order valence-corrected chi connectivity index (χ0v) is 76.4. The van der Waals surface area contributed by atoms with Gasteiger partial charge in [-0.25, -0.2) is 4.79 Å². The van der Waals surface area contributed by atoms with E-state index >= 15 is 0 Å². The summed E-state index contributed by atoms with van der Waals surface area (Å²) < 4.78 is 119. The molecule has 36 N–H and O–H groups in total. The van der Waals surface area contributed by atoms with E-state index in [4.69, 9.17) is 94.7 Å². The Morgan fingerprint density at radius 3 is 1.13 bits per heavy atom. The lowest BCUT2D eigenvalue weighted by molar-refractivity contribution is -0.392. The third kappa shape index (κ3) is 26.6. The minimum atomic E-state index is -3.31. The Morgan fingerprint density at radius 2 is 0.695 bits per heavy atom. The zero-order valence-electron chi connectivity index (χ0n) is 76.4. The molecule has 0 spiro atoms. The van der Waals surface area contributed by atoms with Crippen molar-refractivity contribution >= 4 is 35.5 Å². The van der Waals surface area contributed by atoms with Gasteiger partial charge in [0.25, 0.3) is 5.79 Å². The monoisotopic (exact) mass is 2060 g/mol. The first-order chi connectivity index (χ1) is 66.4. The van der Waals surface area contributed by atoms with Crippen LogP contribution in [0.4, 0.5) is 0 Å². The van der Waals surface area contributed by atoms with Crippen molar-refractivity contribution in [2.24, 2.45) is 0 Å². The number of carboxylic acid groups (broad SMARTS) is 1. The second-order valence-electron chi connectivity index (χ2n) is 35.7. The van der Waals surface area contributed by atoms with E-state index in [1.165, 1.54) is 13.8 Å². The molecule has 10 heterocycles. The fraction of sp³-hybridized carbons (Fsp3) is 0.924. The van der Waals surface area contributed by atoms with Gasteiger partial charge < -0.3 is 280 Å². The molecular formula is C79H133N5O57. The molecular weight excluding hydrogens is 1930 g/mol. The van der Waals surface area contributed by atoms with Gasteiger partial charge in [0.2, 0.25) is 29.5 Å². The normalized spacial score (nSPS) is 45.9. The molecule has 0 aromatic carbocycles. The van der Waals surface area contributed by atoms with Crippen molar-refractivity contribution in [3.05, 3.63) is 0 Å². The van der Waals surface area contributed by atoms with Gasteiger partial charge in [-0.05, 0) is 13.8 Å². The van der Waals surface area contributed by atoms with Gasteiger partial charge in [-0.15, -0.1) is 0 Å². The number of aliphatic hydroxyl groups excluding tert-OH is 30. The number of ether oxygens (including phenoxy) is 20. The summed E-state index contributed by atoms with van der Waals surface area (Å²) in [7, 11) is 0. The standard InChI is InChI=1S/C79H133N5O57/c1-19-41(102)51(112)54(115)72(123-19)136-64-40(84-25(7)98)69(122-18-29(101)44(105)59(26(9-85)80-21(3)94)132-74-56(117)65(46(107)31(12-88)125-74)137-71-39(83-24(6)97)50(111)61(35(16-92)131-71)134-77-68(53(114)45(106)30(11-87)128-77)139-73-55(116)52(113)42(103)20(2)124-73)129-36(17-93)62(64)135-75-57(118)66(47(108)32(13-89)126-75)138-70-38(82-23(5)96)49(110)60(34(15-91)130-70)133-76-58(119)67(48(109)33(14-90)127-76)141-79(78(120)121)8-27(99)37(81-22(4)95)63(140-79)43(104)28(100)10-86/h19-20,26-77,85-93,99-119H,8-18H2,1-7H3,(H,80,94)(H,81,95)(H,82,96)(H,83,97)(H,84,98)(H,120,121)/t19-,20-,26-,27-,28+,29+,30+,31+,32+,33+,34+,35+,36+,37+,38+,39+,40+,41+,42+,43+,44-,45-,46-,47-,48-,49+,50+,51+,52+,53-,54-,55-,56+,57+,58+,59+,60+,61+,62+,63+,64+,65-,66-,67-,68+,69+,70-,71-,72-,73-,74-,75-,76-,77-,79-/m0/s1. The first-order valence-corrected chi connectivity index (χ1v) is 44.9. The van der Waals surface area contributed by atoms with Crippen LogP contribution in [0.15, 0.2) is 0 Å². The van der Waals surface area contributed by atoms with E-state index in [2.05, 4.69) is 26.6 Å². The highest BCUT2D eigenvalue weighted by molar-refractivity contribution is 5.77. The van der Waals surface area contributed by atoms with Gasteiger partial charge in [0, 0.05) is 41.0 Å². The number of amides is 5. The fourth-order valence-corrected chi connectivity index (χ4v) is 18.0. The molecule has 0 aromatic heterocycles. The molecule has 0 aliphatic carbocycles. The van der Waals surface area contributed by atoms with Crippen LogP contribution in [0.5, 0.6) is 0 Å². The Labute approximate surface area is 799 Å². The molecule has 0 radical (unpaired) electrons. The smallest absolute Gasteiger partial charge is 0.364 e. The van der Waals surface area contributed by atoms with Crippen molar-refractivity contribution in [3.8, 4) is 0 Å². The summed E-state index contributed by atoms with van der Waals surface area (Å²) in [5.41, 5.74) is 0. The van der Waals surface area contributed by atoms with Gasteiger partial charge in [-0.1, -0.05) is 0 Å². The average molecular weight is 2060 g/mol. The molecule has 10 rings (SSSR count). The molecule has 62 nitrogen and oxygen atoms in total. The van der Waals surface area contributed by atoms with Gasteiger partial charge in [-0.2, -0.15) is 0 Å². The highest BCUT2D eigenvalue weighted by atomic mass is 16.8. The van der Waals surface area contributed by atoms with E-state index in [9.17, 15) is 187 Å². The predicted octanol–water partition coefficient (Wildman–Crippen LogP) is -23.4. The SMILES string of the molecule is CC(=O)N[C@H]1[C@H](O[C@H]2[C@@H](O)[C@@H](CO)O[C@@H](O[C@H]3[C@H](O[C@@H]4O[C@@H](C)[C@@H](O)[C@@H](O)[C@@H]4O)[C@@H](NC(C)=O)[C@H](OC[C@@H](O)[C@H](O)[C@H](O[C@@H]4O[C@H](CO)[C@H](O)[C@H](O[C@@H]5O[C@H](CO)[C@@H](O[C@@H]6O[C@H](CO)[C@H](O)[C@H](O)[C@H]6O[C@@H]6O[C@@H](C)[C@@H](O)[C@@H](O)[C@@H]6O)[C@H](O)[C@H]5NC(C)=O)[C@H]4O)[C@H](CO)NC(C)=O)O[C@@H]3CO)[C@@H]2O)O[C@H](CO)[C@@H](O[C@@H]2O[C@H](CO)[C@H](O)[C@H](O[C@]3(C(=O)O)C[C@H](O)[C@@H](NC(C)=O)[C@H]([C@H](O)[C@H](O)CO)O3)[C@H]2O)[C@@H]1O. The third-order valence-electron chi connectivity index (χ3n) is 25.5. The molecule has 0 unspecified atom stereocenters. The van der Waals surface area contributed by atoms with Crippen molar-refractivity contribution in [1.82, 2.24) is 26.6 Å². The largest absolute Gasteiger partial charge is 0.477 e. The quantitative estimate of drug-likeness (QED) is 0.0270. The molecule has 55 atom stereocenters.